The minimum Gasteiger partial charge on any atom is -0.462 e. The van der Waals surface area contributed by atoms with Gasteiger partial charge in [0.15, 0.2) is 5.82 Å². The first-order chi connectivity index (χ1) is 7.49. The predicted octanol–water partition coefficient (Wildman–Crippen LogP) is 3.10. The van der Waals surface area contributed by atoms with Crippen LogP contribution in [0.15, 0.2) is 10.8 Å². The van der Waals surface area contributed by atoms with E-state index in [1.807, 2.05) is 0 Å². The predicted molar refractivity (Wildman–Crippen MR) is 52.8 cm³/mol. The Morgan fingerprint density at radius 2 is 2.25 bits per heavy atom. The molecule has 3 nitrogen and oxygen atoms in total. The first kappa shape index (κ1) is 13.0. The molecule has 16 heavy (non-hydrogen) atoms. The van der Waals surface area contributed by atoms with E-state index in [0.29, 0.717) is 0 Å². The summed E-state index contributed by atoms with van der Waals surface area (Å²) in [6.45, 7) is 1.55. The lowest BCUT2D eigenvalue weighted by Gasteiger charge is -2.08. The zero-order valence-electron chi connectivity index (χ0n) is 8.14. The molecule has 0 fully saturated rings. The van der Waals surface area contributed by atoms with Crippen LogP contribution in [0.5, 0.6) is 0 Å². The van der Waals surface area contributed by atoms with E-state index in [9.17, 15) is 18.0 Å². The second-order valence-corrected chi connectivity index (χ2v) is 3.46. The molecule has 1 heterocycles. The van der Waals surface area contributed by atoms with E-state index in [-0.39, 0.29) is 11.2 Å². The highest BCUT2D eigenvalue weighted by Crippen LogP contribution is 2.29. The molecule has 0 amide bonds. The Balaban J connectivity index is 3.23. The molecule has 0 N–H and O–H groups in total. The van der Waals surface area contributed by atoms with E-state index >= 15 is 0 Å². The number of nitrogens with zero attached hydrogens (tertiary/aromatic N) is 1. The number of esters is 1. The van der Waals surface area contributed by atoms with Crippen molar-refractivity contribution in [3.8, 4) is 0 Å². The van der Waals surface area contributed by atoms with Gasteiger partial charge in [-0.1, -0.05) is 0 Å². The standard InChI is InChI=1S/C9H7BrF3NO2/c1-2-16-9(15)4-3-14-7(10)5(6(4)11)8(12)13/h3,8H,2H2,1H3. The monoisotopic (exact) mass is 297 g/mol. The Bertz CT molecular complexity index is 412. The number of pyridine rings is 1. The molecule has 0 bridgehead atoms. The fraction of sp³-hybridized carbons (Fsp3) is 0.333. The second-order valence-electron chi connectivity index (χ2n) is 2.71. The van der Waals surface area contributed by atoms with Gasteiger partial charge in [-0.3, -0.25) is 0 Å². The van der Waals surface area contributed by atoms with Crippen LogP contribution in [0.1, 0.15) is 29.3 Å². The molecule has 88 valence electrons. The number of rotatable bonds is 3. The van der Waals surface area contributed by atoms with Gasteiger partial charge in [0.2, 0.25) is 0 Å². The number of aromatic nitrogens is 1. The summed E-state index contributed by atoms with van der Waals surface area (Å²) in [6.07, 6.45) is -2.21. The van der Waals surface area contributed by atoms with E-state index in [1.54, 1.807) is 0 Å². The third kappa shape index (κ3) is 2.52. The number of halogens is 4. The van der Waals surface area contributed by atoms with Crippen LogP contribution in [0.4, 0.5) is 13.2 Å². The Hall–Kier alpha value is -1.11. The van der Waals surface area contributed by atoms with Crippen molar-refractivity contribution in [2.45, 2.75) is 13.3 Å². The molecule has 0 aliphatic heterocycles. The van der Waals surface area contributed by atoms with E-state index in [4.69, 9.17) is 0 Å². The molecule has 0 aliphatic carbocycles. The molecule has 0 saturated heterocycles. The Kier molecular flexibility index (Phi) is 4.28. The quantitative estimate of drug-likeness (QED) is 0.636. The number of hydrogen-bond donors (Lipinski definition) is 0. The van der Waals surface area contributed by atoms with Gasteiger partial charge < -0.3 is 4.74 Å². The average Bonchev–Trinajstić information content (AvgIpc) is 2.17. The highest BCUT2D eigenvalue weighted by atomic mass is 79.9. The van der Waals surface area contributed by atoms with Crippen molar-refractivity contribution in [2.24, 2.45) is 0 Å². The lowest BCUT2D eigenvalue weighted by Crippen LogP contribution is -2.10. The zero-order chi connectivity index (χ0) is 12.3. The van der Waals surface area contributed by atoms with E-state index in [0.717, 1.165) is 6.20 Å². The van der Waals surface area contributed by atoms with Crippen molar-refractivity contribution in [1.29, 1.82) is 0 Å². The third-order valence-corrected chi connectivity index (χ3v) is 2.35. The Morgan fingerprint density at radius 3 is 2.75 bits per heavy atom. The van der Waals surface area contributed by atoms with Crippen LogP contribution in [-0.2, 0) is 4.74 Å². The largest absolute Gasteiger partial charge is 0.462 e. The molecule has 0 radical (unpaired) electrons. The van der Waals surface area contributed by atoms with E-state index in [2.05, 4.69) is 25.7 Å². The summed E-state index contributed by atoms with van der Waals surface area (Å²) < 4.78 is 42.6. The molecular formula is C9H7BrF3NO2. The van der Waals surface area contributed by atoms with Crippen LogP contribution in [0.25, 0.3) is 0 Å². The highest BCUT2D eigenvalue weighted by molar-refractivity contribution is 9.10. The molecule has 1 aromatic rings. The number of carbonyl (C=O) groups excluding carboxylic acids is 1. The van der Waals surface area contributed by atoms with E-state index < -0.39 is 29.3 Å². The van der Waals surface area contributed by atoms with Gasteiger partial charge in [0, 0.05) is 6.20 Å². The minimum absolute atomic E-state index is 0.0261. The second kappa shape index (κ2) is 5.29. The first-order valence-corrected chi connectivity index (χ1v) is 5.07. The molecule has 0 spiro atoms. The maximum atomic E-state index is 13.5. The fourth-order valence-electron chi connectivity index (χ4n) is 1.02. The van der Waals surface area contributed by atoms with Gasteiger partial charge in [-0.15, -0.1) is 0 Å². The van der Waals surface area contributed by atoms with Gasteiger partial charge in [0.05, 0.1) is 12.2 Å². The van der Waals surface area contributed by atoms with Gasteiger partial charge in [0.1, 0.15) is 10.2 Å². The number of ether oxygens (including phenoxy) is 1. The van der Waals surface area contributed by atoms with Crippen molar-refractivity contribution < 1.29 is 22.7 Å². The zero-order valence-corrected chi connectivity index (χ0v) is 9.72. The summed E-state index contributed by atoms with van der Waals surface area (Å²) in [5, 5.41) is 0. The van der Waals surface area contributed by atoms with Gasteiger partial charge in [-0.2, -0.15) is 0 Å². The molecule has 0 aliphatic rings. The normalized spacial score (nSPS) is 10.6. The van der Waals surface area contributed by atoms with Crippen LogP contribution >= 0.6 is 15.9 Å². The average molecular weight is 298 g/mol. The topological polar surface area (TPSA) is 39.2 Å². The maximum absolute atomic E-state index is 13.5. The summed E-state index contributed by atoms with van der Waals surface area (Å²) in [6, 6.07) is 0. The molecular weight excluding hydrogens is 291 g/mol. The number of alkyl halides is 2. The lowest BCUT2D eigenvalue weighted by atomic mass is 10.2. The molecule has 0 aromatic carbocycles. The van der Waals surface area contributed by atoms with Crippen LogP contribution in [0.3, 0.4) is 0 Å². The van der Waals surface area contributed by atoms with Gasteiger partial charge in [0.25, 0.3) is 6.43 Å². The molecule has 7 heteroatoms. The summed E-state index contributed by atoms with van der Waals surface area (Å²) in [5.41, 5.74) is -1.54. The van der Waals surface area contributed by atoms with Crippen molar-refractivity contribution in [3.63, 3.8) is 0 Å². The summed E-state index contributed by atoms with van der Waals surface area (Å²) in [5.74, 6) is -2.32. The van der Waals surface area contributed by atoms with Crippen molar-refractivity contribution in [2.75, 3.05) is 6.61 Å². The number of carbonyl (C=O) groups is 1. The van der Waals surface area contributed by atoms with Crippen molar-refractivity contribution in [1.82, 2.24) is 4.98 Å². The maximum Gasteiger partial charge on any atom is 0.342 e. The highest BCUT2D eigenvalue weighted by Gasteiger charge is 2.25. The van der Waals surface area contributed by atoms with Crippen LogP contribution < -0.4 is 0 Å². The fourth-order valence-corrected chi connectivity index (χ4v) is 1.47. The summed E-state index contributed by atoms with van der Waals surface area (Å²) in [7, 11) is 0. The van der Waals surface area contributed by atoms with Crippen LogP contribution in [0, 0.1) is 5.82 Å². The summed E-state index contributed by atoms with van der Waals surface area (Å²) >= 11 is 2.69. The lowest BCUT2D eigenvalue weighted by molar-refractivity contribution is 0.0519. The Labute approximate surface area is 97.8 Å². The van der Waals surface area contributed by atoms with Crippen LogP contribution in [0.2, 0.25) is 0 Å². The first-order valence-electron chi connectivity index (χ1n) is 4.28. The van der Waals surface area contributed by atoms with Crippen molar-refractivity contribution in [3.05, 3.63) is 27.7 Å². The van der Waals surface area contributed by atoms with Crippen LogP contribution in [-0.4, -0.2) is 17.6 Å². The van der Waals surface area contributed by atoms with Gasteiger partial charge in [-0.05, 0) is 22.9 Å². The van der Waals surface area contributed by atoms with Gasteiger partial charge in [-0.25, -0.2) is 22.9 Å². The summed E-state index contributed by atoms with van der Waals surface area (Å²) in [4.78, 5) is 14.6. The molecule has 0 unspecified atom stereocenters. The van der Waals surface area contributed by atoms with E-state index in [1.165, 1.54) is 6.92 Å². The molecule has 1 aromatic heterocycles. The van der Waals surface area contributed by atoms with Crippen molar-refractivity contribution >= 4 is 21.9 Å². The third-order valence-electron chi connectivity index (χ3n) is 1.72. The smallest absolute Gasteiger partial charge is 0.342 e. The SMILES string of the molecule is CCOC(=O)c1cnc(Br)c(C(F)F)c1F. The molecule has 0 saturated carbocycles. The number of hydrogen-bond acceptors (Lipinski definition) is 3. The minimum atomic E-state index is -3.06. The Morgan fingerprint density at radius 1 is 1.62 bits per heavy atom. The molecule has 1 rings (SSSR count). The van der Waals surface area contributed by atoms with Gasteiger partial charge >= 0.3 is 5.97 Å². The molecule has 0 atom stereocenters.